The molecule has 0 aliphatic heterocycles. The van der Waals surface area contributed by atoms with Gasteiger partial charge in [0, 0.05) is 25.8 Å². The van der Waals surface area contributed by atoms with Crippen LogP contribution in [0.4, 0.5) is 0 Å². The van der Waals surface area contributed by atoms with Gasteiger partial charge in [-0.25, -0.2) is 4.79 Å². The SMILES string of the molecule is C=C(C)CC[C@H](NC(=O)CCOCCOCCOCCOCCNC(=O)CCCCCCCCCCCCCCCCCCC(=O)O)C(=O)O. The maximum absolute atomic E-state index is 12.0. The lowest BCUT2D eigenvalue weighted by Crippen LogP contribution is -2.41. The van der Waals surface area contributed by atoms with Gasteiger partial charge in [0.15, 0.2) is 0 Å². The predicted molar refractivity (Wildman–Crippen MR) is 195 cm³/mol. The Balaban J connectivity index is 3.32. The first-order valence-corrected chi connectivity index (χ1v) is 19.2. The first-order valence-electron chi connectivity index (χ1n) is 19.2. The quantitative estimate of drug-likeness (QED) is 0.0402. The van der Waals surface area contributed by atoms with Crippen LogP contribution in [0.3, 0.4) is 0 Å². The molecule has 50 heavy (non-hydrogen) atoms. The molecule has 292 valence electrons. The van der Waals surface area contributed by atoms with Crippen LogP contribution in [0, 0.1) is 0 Å². The van der Waals surface area contributed by atoms with E-state index < -0.39 is 18.0 Å². The molecule has 0 aromatic rings. The van der Waals surface area contributed by atoms with E-state index in [-0.39, 0.29) is 24.8 Å². The maximum Gasteiger partial charge on any atom is 0.326 e. The summed E-state index contributed by atoms with van der Waals surface area (Å²) in [6.45, 7) is 9.09. The minimum atomic E-state index is -1.06. The van der Waals surface area contributed by atoms with Gasteiger partial charge in [-0.3, -0.25) is 14.4 Å². The van der Waals surface area contributed by atoms with E-state index >= 15 is 0 Å². The fraction of sp³-hybridized carbons (Fsp3) is 0.842. The summed E-state index contributed by atoms with van der Waals surface area (Å²) < 4.78 is 21.8. The van der Waals surface area contributed by atoms with E-state index in [0.717, 1.165) is 37.7 Å². The van der Waals surface area contributed by atoms with Crippen LogP contribution >= 0.6 is 0 Å². The number of hydrogen-bond acceptors (Lipinski definition) is 8. The van der Waals surface area contributed by atoms with Crippen molar-refractivity contribution in [1.82, 2.24) is 10.6 Å². The maximum atomic E-state index is 12.0. The number of aliphatic carboxylic acids is 2. The van der Waals surface area contributed by atoms with Crippen molar-refractivity contribution < 1.29 is 48.3 Å². The summed E-state index contributed by atoms with van der Waals surface area (Å²) in [5.41, 5.74) is 0.870. The zero-order chi connectivity index (χ0) is 36.9. The fourth-order valence-corrected chi connectivity index (χ4v) is 5.23. The molecule has 0 bridgehead atoms. The molecule has 12 heteroatoms. The van der Waals surface area contributed by atoms with E-state index in [1.807, 2.05) is 6.92 Å². The average molecular weight is 715 g/mol. The Morgan fingerprint density at radius 3 is 1.34 bits per heavy atom. The van der Waals surface area contributed by atoms with Crippen molar-refractivity contribution >= 4 is 23.8 Å². The Labute approximate surface area is 301 Å². The lowest BCUT2D eigenvalue weighted by Gasteiger charge is -2.14. The van der Waals surface area contributed by atoms with Gasteiger partial charge in [0.05, 0.1) is 52.9 Å². The van der Waals surface area contributed by atoms with Gasteiger partial charge >= 0.3 is 11.9 Å². The van der Waals surface area contributed by atoms with E-state index in [9.17, 15) is 24.3 Å². The number of carboxylic acid groups (broad SMARTS) is 2. The van der Waals surface area contributed by atoms with Crippen molar-refractivity contribution in [1.29, 1.82) is 0 Å². The molecule has 0 aliphatic carbocycles. The summed E-state index contributed by atoms with van der Waals surface area (Å²) in [5, 5.41) is 23.3. The van der Waals surface area contributed by atoms with Crippen LogP contribution in [-0.4, -0.2) is 99.4 Å². The van der Waals surface area contributed by atoms with E-state index in [0.29, 0.717) is 78.5 Å². The van der Waals surface area contributed by atoms with Gasteiger partial charge in [0.1, 0.15) is 6.04 Å². The molecule has 0 saturated heterocycles. The number of carbonyl (C=O) groups excluding carboxylic acids is 2. The van der Waals surface area contributed by atoms with E-state index in [1.165, 1.54) is 70.6 Å². The van der Waals surface area contributed by atoms with Crippen LogP contribution in [0.1, 0.15) is 142 Å². The van der Waals surface area contributed by atoms with Gasteiger partial charge < -0.3 is 39.8 Å². The monoisotopic (exact) mass is 715 g/mol. The number of nitrogens with one attached hydrogen (secondary N) is 2. The molecule has 12 nitrogen and oxygen atoms in total. The molecule has 0 aliphatic rings. The van der Waals surface area contributed by atoms with Crippen LogP contribution in [-0.2, 0) is 38.1 Å². The second-order valence-corrected chi connectivity index (χ2v) is 13.1. The Bertz CT molecular complexity index is 871. The Kier molecular flexibility index (Phi) is 34.4. The Morgan fingerprint density at radius 2 is 0.920 bits per heavy atom. The van der Waals surface area contributed by atoms with Gasteiger partial charge in [-0.2, -0.15) is 0 Å². The lowest BCUT2D eigenvalue weighted by molar-refractivity contribution is -0.142. The summed E-state index contributed by atoms with van der Waals surface area (Å²) in [5.74, 6) is -2.03. The zero-order valence-corrected chi connectivity index (χ0v) is 31.2. The Morgan fingerprint density at radius 1 is 0.520 bits per heavy atom. The molecular formula is C38H70N2O10. The van der Waals surface area contributed by atoms with Gasteiger partial charge in [-0.1, -0.05) is 95.5 Å². The molecule has 0 unspecified atom stereocenters. The summed E-state index contributed by atoms with van der Waals surface area (Å²) in [4.78, 5) is 45.7. The smallest absolute Gasteiger partial charge is 0.326 e. The Hall–Kier alpha value is -2.54. The topological polar surface area (TPSA) is 170 Å². The standard InChI is InChI=1S/C38H70N2O10/c1-33(2)21-22-34(38(45)46)40-36(42)23-25-47-27-29-49-31-32-50-30-28-48-26-24-39-35(41)19-17-15-13-11-9-7-5-3-4-6-8-10-12-14-16-18-20-37(43)44/h34H,1,3-32H2,2H3,(H,39,41)(H,40,42)(H,43,44)(H,45,46)/t34-/m0/s1. The highest BCUT2D eigenvalue weighted by Gasteiger charge is 2.19. The number of allylic oxidation sites excluding steroid dienone is 1. The highest BCUT2D eigenvalue weighted by Crippen LogP contribution is 2.14. The molecule has 1 atom stereocenters. The normalized spacial score (nSPS) is 11.7. The van der Waals surface area contributed by atoms with Gasteiger partial charge in [0.25, 0.3) is 0 Å². The number of hydrogen-bond donors (Lipinski definition) is 4. The van der Waals surface area contributed by atoms with Crippen LogP contribution < -0.4 is 10.6 Å². The highest BCUT2D eigenvalue weighted by atomic mass is 16.6. The summed E-state index contributed by atoms with van der Waals surface area (Å²) in [7, 11) is 0. The number of carbonyl (C=O) groups is 4. The van der Waals surface area contributed by atoms with Crippen molar-refractivity contribution in [2.75, 3.05) is 59.4 Å². The molecule has 4 N–H and O–H groups in total. The number of amides is 2. The zero-order valence-electron chi connectivity index (χ0n) is 31.2. The predicted octanol–water partition coefficient (Wildman–Crippen LogP) is 6.59. The largest absolute Gasteiger partial charge is 0.481 e. The number of carboxylic acids is 2. The van der Waals surface area contributed by atoms with Gasteiger partial charge in [0.2, 0.25) is 11.8 Å². The molecular weight excluding hydrogens is 644 g/mol. The van der Waals surface area contributed by atoms with Crippen LogP contribution in [0.15, 0.2) is 12.2 Å². The van der Waals surface area contributed by atoms with Crippen LogP contribution in [0.2, 0.25) is 0 Å². The minimum Gasteiger partial charge on any atom is -0.481 e. The first-order chi connectivity index (χ1) is 24.2. The average Bonchev–Trinajstić information content (AvgIpc) is 3.07. The fourth-order valence-electron chi connectivity index (χ4n) is 5.23. The summed E-state index contributed by atoms with van der Waals surface area (Å²) in [6, 6.07) is -0.926. The van der Waals surface area contributed by atoms with Crippen molar-refractivity contribution in [3.63, 3.8) is 0 Å². The molecule has 0 spiro atoms. The van der Waals surface area contributed by atoms with E-state index in [2.05, 4.69) is 17.2 Å². The van der Waals surface area contributed by atoms with E-state index in [1.54, 1.807) is 0 Å². The molecule has 0 aromatic heterocycles. The first kappa shape index (κ1) is 47.5. The molecule has 0 heterocycles. The van der Waals surface area contributed by atoms with Crippen molar-refractivity contribution in [3.8, 4) is 0 Å². The second-order valence-electron chi connectivity index (χ2n) is 13.1. The molecule has 0 saturated carbocycles. The third-order valence-electron chi connectivity index (χ3n) is 8.20. The molecule has 0 aromatic carbocycles. The number of ether oxygens (including phenoxy) is 4. The lowest BCUT2D eigenvalue weighted by atomic mass is 10.0. The third-order valence-corrected chi connectivity index (χ3v) is 8.20. The molecule has 0 fully saturated rings. The molecule has 0 radical (unpaired) electrons. The van der Waals surface area contributed by atoms with Crippen molar-refractivity contribution in [3.05, 3.63) is 12.2 Å². The second kappa shape index (κ2) is 36.3. The third kappa shape index (κ3) is 36.7. The van der Waals surface area contributed by atoms with Crippen molar-refractivity contribution in [2.45, 2.75) is 148 Å². The molecule has 0 rings (SSSR count). The minimum absolute atomic E-state index is 0.0774. The summed E-state index contributed by atoms with van der Waals surface area (Å²) >= 11 is 0. The van der Waals surface area contributed by atoms with Crippen molar-refractivity contribution in [2.24, 2.45) is 0 Å². The van der Waals surface area contributed by atoms with Gasteiger partial charge in [-0.05, 0) is 32.6 Å². The number of unbranched alkanes of at least 4 members (excludes halogenated alkanes) is 15. The number of rotatable bonds is 39. The van der Waals surface area contributed by atoms with Gasteiger partial charge in [-0.15, -0.1) is 6.58 Å². The summed E-state index contributed by atoms with van der Waals surface area (Å²) in [6.07, 6.45) is 21.0. The van der Waals surface area contributed by atoms with Crippen LogP contribution in [0.25, 0.3) is 0 Å². The van der Waals surface area contributed by atoms with Crippen LogP contribution in [0.5, 0.6) is 0 Å². The molecule has 2 amide bonds. The van der Waals surface area contributed by atoms with E-state index in [4.69, 9.17) is 24.1 Å². The highest BCUT2D eigenvalue weighted by molar-refractivity contribution is 5.83.